The first-order valence-corrected chi connectivity index (χ1v) is 7.51. The number of hydrogen-bond acceptors (Lipinski definition) is 1. The normalized spacial score (nSPS) is 22.8. The lowest BCUT2D eigenvalue weighted by Crippen LogP contribution is -2.29. The Morgan fingerprint density at radius 3 is 2.56 bits per heavy atom. The smallest absolute Gasteiger partial charge is 0.0345 e. The summed E-state index contributed by atoms with van der Waals surface area (Å²) in [5.41, 5.74) is 5.07. The minimum Gasteiger partial charge on any atom is -0.382 e. The zero-order chi connectivity index (χ0) is 12.6. The van der Waals surface area contributed by atoms with Crippen LogP contribution < -0.4 is 5.32 Å². The molecule has 0 aromatic heterocycles. The molecule has 1 heteroatoms. The molecule has 0 bridgehead atoms. The van der Waals surface area contributed by atoms with Gasteiger partial charge in [-0.1, -0.05) is 19.9 Å². The topological polar surface area (TPSA) is 12.0 Å². The summed E-state index contributed by atoms with van der Waals surface area (Å²) < 4.78 is 0. The molecule has 18 heavy (non-hydrogen) atoms. The molecule has 0 spiro atoms. The highest BCUT2D eigenvalue weighted by molar-refractivity contribution is 5.50. The van der Waals surface area contributed by atoms with Crippen LogP contribution in [0.4, 0.5) is 5.69 Å². The van der Waals surface area contributed by atoms with E-state index in [0.717, 1.165) is 0 Å². The molecule has 1 N–H and O–H groups in total. The van der Waals surface area contributed by atoms with Crippen molar-refractivity contribution in [3.05, 3.63) is 29.3 Å². The molecule has 0 heterocycles. The van der Waals surface area contributed by atoms with Crippen LogP contribution >= 0.6 is 0 Å². The Balaban J connectivity index is 1.63. The largest absolute Gasteiger partial charge is 0.382 e. The second kappa shape index (κ2) is 4.60. The van der Waals surface area contributed by atoms with Gasteiger partial charge in [0.25, 0.3) is 0 Å². The highest BCUT2D eigenvalue weighted by atomic mass is 14.9. The van der Waals surface area contributed by atoms with Gasteiger partial charge in [0.15, 0.2) is 0 Å². The summed E-state index contributed by atoms with van der Waals surface area (Å²) in [5, 5.41) is 3.75. The maximum Gasteiger partial charge on any atom is 0.0345 e. The average Bonchev–Trinajstić information content (AvgIpc) is 2.79. The predicted octanol–water partition coefficient (Wildman–Crippen LogP) is 4.56. The van der Waals surface area contributed by atoms with Gasteiger partial charge in [0.05, 0.1) is 0 Å². The van der Waals surface area contributed by atoms with Crippen molar-refractivity contribution in [2.24, 2.45) is 5.41 Å². The second-order valence-corrected chi connectivity index (χ2v) is 6.92. The predicted molar refractivity (Wildman–Crippen MR) is 78.1 cm³/mol. The third kappa shape index (κ3) is 2.55. The van der Waals surface area contributed by atoms with E-state index in [0.29, 0.717) is 11.5 Å². The Bertz CT molecular complexity index is 423. The van der Waals surface area contributed by atoms with Gasteiger partial charge in [-0.05, 0) is 73.6 Å². The summed E-state index contributed by atoms with van der Waals surface area (Å²) in [6.45, 7) is 4.80. The summed E-state index contributed by atoms with van der Waals surface area (Å²) in [6.07, 6.45) is 9.27. The van der Waals surface area contributed by atoms with Gasteiger partial charge in [0.1, 0.15) is 0 Å². The molecule has 0 atom stereocenters. The van der Waals surface area contributed by atoms with E-state index in [4.69, 9.17) is 0 Å². The van der Waals surface area contributed by atoms with Gasteiger partial charge in [0.2, 0.25) is 0 Å². The molecule has 0 radical (unpaired) electrons. The van der Waals surface area contributed by atoms with E-state index in [1.54, 1.807) is 11.1 Å². The Morgan fingerprint density at radius 2 is 1.78 bits per heavy atom. The van der Waals surface area contributed by atoms with E-state index >= 15 is 0 Å². The quantitative estimate of drug-likeness (QED) is 0.803. The maximum atomic E-state index is 3.75. The number of aryl methyl sites for hydroxylation is 2. The van der Waals surface area contributed by atoms with Gasteiger partial charge in [-0.25, -0.2) is 0 Å². The fourth-order valence-electron chi connectivity index (χ4n) is 3.44. The van der Waals surface area contributed by atoms with Crippen molar-refractivity contribution in [1.82, 2.24) is 0 Å². The molecule has 0 unspecified atom stereocenters. The van der Waals surface area contributed by atoms with Crippen LogP contribution in [0.1, 0.15) is 57.1 Å². The van der Waals surface area contributed by atoms with Gasteiger partial charge in [-0.2, -0.15) is 0 Å². The van der Waals surface area contributed by atoms with Crippen molar-refractivity contribution in [3.8, 4) is 0 Å². The lowest BCUT2D eigenvalue weighted by molar-refractivity contribution is 0.232. The molecule has 1 aromatic carbocycles. The van der Waals surface area contributed by atoms with Gasteiger partial charge < -0.3 is 5.32 Å². The highest BCUT2D eigenvalue weighted by Gasteiger charge is 2.26. The van der Waals surface area contributed by atoms with Crippen LogP contribution in [0.5, 0.6) is 0 Å². The summed E-state index contributed by atoms with van der Waals surface area (Å²) in [5.74, 6) is 0. The van der Waals surface area contributed by atoms with Crippen LogP contribution in [0.3, 0.4) is 0 Å². The fourth-order valence-corrected chi connectivity index (χ4v) is 3.44. The number of hydrogen-bond donors (Lipinski definition) is 1. The molecule has 1 saturated carbocycles. The van der Waals surface area contributed by atoms with Crippen molar-refractivity contribution < 1.29 is 0 Å². The minimum absolute atomic E-state index is 0.566. The van der Waals surface area contributed by atoms with Crippen LogP contribution in [0.2, 0.25) is 0 Å². The maximum absolute atomic E-state index is 3.75. The first kappa shape index (κ1) is 12.1. The van der Waals surface area contributed by atoms with E-state index in [2.05, 4.69) is 37.4 Å². The average molecular weight is 243 g/mol. The molecule has 1 nitrogen and oxygen atoms in total. The molecule has 0 amide bonds. The van der Waals surface area contributed by atoms with Gasteiger partial charge in [-0.15, -0.1) is 0 Å². The van der Waals surface area contributed by atoms with Gasteiger partial charge in [-0.3, -0.25) is 0 Å². The molecular formula is C17H25N. The second-order valence-electron chi connectivity index (χ2n) is 6.92. The van der Waals surface area contributed by atoms with Crippen LogP contribution in [0, 0.1) is 5.41 Å². The van der Waals surface area contributed by atoms with Crippen LogP contribution in [0.25, 0.3) is 0 Å². The fraction of sp³-hybridized carbons (Fsp3) is 0.647. The molecule has 3 rings (SSSR count). The lowest BCUT2D eigenvalue weighted by atomic mass is 9.75. The molecule has 0 saturated heterocycles. The first-order valence-electron chi connectivity index (χ1n) is 7.51. The van der Waals surface area contributed by atoms with E-state index in [-0.39, 0.29) is 0 Å². The number of nitrogens with one attached hydrogen (secondary N) is 1. The van der Waals surface area contributed by atoms with E-state index in [9.17, 15) is 0 Å². The zero-order valence-electron chi connectivity index (χ0n) is 11.8. The van der Waals surface area contributed by atoms with Crippen molar-refractivity contribution in [2.45, 2.75) is 64.8 Å². The van der Waals surface area contributed by atoms with E-state index in [1.165, 1.54) is 50.6 Å². The third-order valence-electron chi connectivity index (χ3n) is 4.81. The minimum atomic E-state index is 0.566. The molecule has 1 aromatic rings. The van der Waals surface area contributed by atoms with Crippen molar-refractivity contribution >= 4 is 5.69 Å². The van der Waals surface area contributed by atoms with Gasteiger partial charge >= 0.3 is 0 Å². The SMILES string of the molecule is CC1(C)CCC(Nc2ccc3c(c2)CCC3)CC1. The Hall–Kier alpha value is -0.980. The summed E-state index contributed by atoms with van der Waals surface area (Å²) >= 11 is 0. The van der Waals surface area contributed by atoms with Crippen molar-refractivity contribution in [3.63, 3.8) is 0 Å². The molecule has 2 aliphatic carbocycles. The molecule has 1 fully saturated rings. The molecular weight excluding hydrogens is 218 g/mol. The van der Waals surface area contributed by atoms with Crippen molar-refractivity contribution in [1.29, 1.82) is 0 Å². The van der Waals surface area contributed by atoms with Crippen LogP contribution in [-0.4, -0.2) is 6.04 Å². The first-order chi connectivity index (χ1) is 8.62. The monoisotopic (exact) mass is 243 g/mol. The summed E-state index contributed by atoms with van der Waals surface area (Å²) in [7, 11) is 0. The zero-order valence-corrected chi connectivity index (χ0v) is 11.8. The van der Waals surface area contributed by atoms with Crippen LogP contribution in [-0.2, 0) is 12.8 Å². The Morgan fingerprint density at radius 1 is 1.06 bits per heavy atom. The lowest BCUT2D eigenvalue weighted by Gasteiger charge is -2.35. The molecule has 2 aliphatic rings. The Labute approximate surface area is 111 Å². The van der Waals surface area contributed by atoms with Gasteiger partial charge in [0, 0.05) is 11.7 Å². The van der Waals surface area contributed by atoms with E-state index < -0.39 is 0 Å². The number of fused-ring (bicyclic) bond motifs is 1. The highest BCUT2D eigenvalue weighted by Crippen LogP contribution is 2.36. The summed E-state index contributed by atoms with van der Waals surface area (Å²) in [6, 6.07) is 7.70. The number of anilines is 1. The Kier molecular flexibility index (Phi) is 3.09. The standard InChI is InChI=1S/C17H25N/c1-17(2)10-8-15(9-11-17)18-16-7-6-13-4-3-5-14(13)12-16/h6-7,12,15,18H,3-5,8-11H2,1-2H3. The number of rotatable bonds is 2. The third-order valence-corrected chi connectivity index (χ3v) is 4.81. The van der Waals surface area contributed by atoms with Crippen molar-refractivity contribution in [2.75, 3.05) is 5.32 Å². The van der Waals surface area contributed by atoms with Crippen LogP contribution in [0.15, 0.2) is 18.2 Å². The summed E-state index contributed by atoms with van der Waals surface area (Å²) in [4.78, 5) is 0. The molecule has 0 aliphatic heterocycles. The van der Waals surface area contributed by atoms with E-state index in [1.807, 2.05) is 0 Å². The molecule has 98 valence electrons. The number of benzene rings is 1.